The Balaban J connectivity index is 2.04. The van der Waals surface area contributed by atoms with Crippen molar-refractivity contribution in [3.05, 3.63) is 52.0 Å². The summed E-state index contributed by atoms with van der Waals surface area (Å²) >= 11 is 3.38. The highest BCUT2D eigenvalue weighted by atomic mass is 79.9. The molecular weight excluding hydrogens is 577 g/mol. The predicted molar refractivity (Wildman–Crippen MR) is 150 cm³/mol. The molecule has 2 rings (SSSR count). The van der Waals surface area contributed by atoms with Crippen molar-refractivity contribution in [2.75, 3.05) is 19.7 Å². The smallest absolute Gasteiger partial charge is 0.416 e. The molecule has 0 aliphatic rings. The van der Waals surface area contributed by atoms with Crippen LogP contribution in [0, 0.1) is 0 Å². The number of carbonyl (C=O) groups is 2. The van der Waals surface area contributed by atoms with E-state index >= 15 is 0 Å². The third-order valence-electron chi connectivity index (χ3n) is 6.25. The van der Waals surface area contributed by atoms with Gasteiger partial charge in [0.2, 0.25) is 0 Å². The first-order chi connectivity index (χ1) is 18.6. The Morgan fingerprint density at radius 1 is 0.897 bits per heavy atom. The number of rotatable bonds is 17. The minimum atomic E-state index is -4.54. The first-order valence-electron chi connectivity index (χ1n) is 13.5. The summed E-state index contributed by atoms with van der Waals surface area (Å²) in [5.41, 5.74) is -0.0474. The van der Waals surface area contributed by atoms with Crippen LogP contribution in [0.15, 0.2) is 40.9 Å². The molecule has 0 aromatic heterocycles. The van der Waals surface area contributed by atoms with Gasteiger partial charge < -0.3 is 20.5 Å². The molecule has 0 saturated heterocycles. The van der Waals surface area contributed by atoms with E-state index in [2.05, 4.69) is 33.5 Å². The Hall–Kier alpha value is -2.75. The monoisotopic (exact) mass is 614 g/mol. The topological polar surface area (TPSA) is 87.7 Å². The molecular formula is C29H38BrF3N2O4. The van der Waals surface area contributed by atoms with Crippen LogP contribution < -0.4 is 15.4 Å². The van der Waals surface area contributed by atoms with E-state index in [0.29, 0.717) is 11.0 Å². The molecule has 2 amide bonds. The number of ether oxygens (including phenoxy) is 1. The number of carboxylic acid groups (broad SMARTS) is 1. The lowest BCUT2D eigenvalue weighted by molar-refractivity contribution is -0.137. The van der Waals surface area contributed by atoms with Gasteiger partial charge in [0.25, 0.3) is 5.91 Å². The lowest BCUT2D eigenvalue weighted by Crippen LogP contribution is -2.26. The van der Waals surface area contributed by atoms with Crippen molar-refractivity contribution in [3.8, 4) is 16.9 Å². The summed E-state index contributed by atoms with van der Waals surface area (Å²) < 4.78 is 46.2. The van der Waals surface area contributed by atoms with Crippen molar-refractivity contribution in [2.24, 2.45) is 0 Å². The SMILES string of the molecule is CCCCCCCCCCCCNC(=O)c1cc(Br)c(OCCNC(=O)O)c(-c2cccc(C(F)(F)F)c2)c1. The van der Waals surface area contributed by atoms with Crippen LogP contribution in [0.4, 0.5) is 18.0 Å². The summed E-state index contributed by atoms with van der Waals surface area (Å²) in [5, 5.41) is 13.8. The summed E-state index contributed by atoms with van der Waals surface area (Å²) in [6.45, 7) is 2.64. The van der Waals surface area contributed by atoms with E-state index in [1.807, 2.05) is 0 Å². The van der Waals surface area contributed by atoms with Gasteiger partial charge in [-0.05, 0) is 52.2 Å². The molecule has 0 bridgehead atoms. The van der Waals surface area contributed by atoms with E-state index in [4.69, 9.17) is 9.84 Å². The maximum Gasteiger partial charge on any atom is 0.416 e. The fourth-order valence-corrected chi connectivity index (χ4v) is 4.75. The number of halogens is 4. The van der Waals surface area contributed by atoms with Gasteiger partial charge in [-0.15, -0.1) is 0 Å². The Morgan fingerprint density at radius 2 is 1.54 bits per heavy atom. The standard InChI is InChI=1S/C29H38BrF3N2O4/c1-2-3-4-5-6-7-8-9-10-11-15-34-27(36)22-19-24(21-13-12-14-23(18-21)29(31,32)33)26(25(30)20-22)39-17-16-35-28(37)38/h12-14,18-20,35H,2-11,15-17H2,1H3,(H,34,36)(H,37,38). The maximum absolute atomic E-state index is 13.4. The van der Waals surface area contributed by atoms with Gasteiger partial charge in [0, 0.05) is 17.7 Å². The fourth-order valence-electron chi connectivity index (χ4n) is 4.18. The van der Waals surface area contributed by atoms with Gasteiger partial charge in [-0.2, -0.15) is 13.2 Å². The second-order valence-electron chi connectivity index (χ2n) is 9.43. The zero-order valence-corrected chi connectivity index (χ0v) is 23.9. The number of nitrogens with one attached hydrogen (secondary N) is 2. The van der Waals surface area contributed by atoms with Gasteiger partial charge >= 0.3 is 12.3 Å². The summed E-state index contributed by atoms with van der Waals surface area (Å²) in [6, 6.07) is 7.80. The molecule has 0 saturated carbocycles. The fraction of sp³-hybridized carbons (Fsp3) is 0.517. The van der Waals surface area contributed by atoms with Crippen molar-refractivity contribution in [1.29, 1.82) is 0 Å². The number of hydrogen-bond donors (Lipinski definition) is 3. The molecule has 0 aliphatic heterocycles. The van der Waals surface area contributed by atoms with Crippen LogP contribution in [0.1, 0.15) is 87.1 Å². The molecule has 0 heterocycles. The van der Waals surface area contributed by atoms with Crippen molar-refractivity contribution >= 4 is 27.9 Å². The Morgan fingerprint density at radius 3 is 2.15 bits per heavy atom. The van der Waals surface area contributed by atoms with Crippen LogP contribution in [0.25, 0.3) is 11.1 Å². The van der Waals surface area contributed by atoms with Crippen LogP contribution in [-0.2, 0) is 6.18 Å². The Labute approximate surface area is 236 Å². The van der Waals surface area contributed by atoms with Crippen molar-refractivity contribution < 1.29 is 32.6 Å². The van der Waals surface area contributed by atoms with Crippen molar-refractivity contribution in [1.82, 2.24) is 10.6 Å². The van der Waals surface area contributed by atoms with Gasteiger partial charge in [0.1, 0.15) is 12.4 Å². The number of alkyl halides is 3. The number of benzene rings is 2. The van der Waals surface area contributed by atoms with Gasteiger partial charge in [0.05, 0.1) is 16.6 Å². The minimum Gasteiger partial charge on any atom is -0.490 e. The first kappa shape index (κ1) is 32.5. The molecule has 0 unspecified atom stereocenters. The second-order valence-corrected chi connectivity index (χ2v) is 10.3. The van der Waals surface area contributed by atoms with Gasteiger partial charge in [-0.1, -0.05) is 76.8 Å². The molecule has 2 aromatic carbocycles. The van der Waals surface area contributed by atoms with Crippen molar-refractivity contribution in [3.63, 3.8) is 0 Å². The average Bonchev–Trinajstić information content (AvgIpc) is 2.89. The Bertz CT molecular complexity index is 1060. The van der Waals surface area contributed by atoms with E-state index in [-0.39, 0.29) is 41.5 Å². The van der Waals surface area contributed by atoms with Gasteiger partial charge in [0.15, 0.2) is 0 Å². The van der Waals surface area contributed by atoms with E-state index in [9.17, 15) is 22.8 Å². The second kappa shape index (κ2) is 17.0. The van der Waals surface area contributed by atoms with Crippen molar-refractivity contribution in [2.45, 2.75) is 77.3 Å². The third kappa shape index (κ3) is 11.9. The normalized spacial score (nSPS) is 11.3. The molecule has 39 heavy (non-hydrogen) atoms. The molecule has 3 N–H and O–H groups in total. The average molecular weight is 616 g/mol. The van der Waals surface area contributed by atoms with E-state index in [0.717, 1.165) is 31.4 Å². The molecule has 216 valence electrons. The number of carbonyl (C=O) groups excluding carboxylic acids is 1. The molecule has 0 spiro atoms. The molecule has 0 atom stereocenters. The van der Waals surface area contributed by atoms with E-state index in [1.54, 1.807) is 6.07 Å². The summed E-state index contributed by atoms with van der Waals surface area (Å²) in [4.78, 5) is 23.6. The molecule has 10 heteroatoms. The molecule has 6 nitrogen and oxygen atoms in total. The summed E-state index contributed by atoms with van der Waals surface area (Å²) in [6.07, 6.45) is 6.10. The summed E-state index contributed by atoms with van der Waals surface area (Å²) in [7, 11) is 0. The molecule has 0 aliphatic carbocycles. The first-order valence-corrected chi connectivity index (χ1v) is 14.3. The van der Waals surface area contributed by atoms with Gasteiger partial charge in [-0.3, -0.25) is 4.79 Å². The largest absolute Gasteiger partial charge is 0.490 e. The van der Waals surface area contributed by atoms with E-state index in [1.165, 1.54) is 63.1 Å². The van der Waals surface area contributed by atoms with E-state index < -0.39 is 17.8 Å². The quantitative estimate of drug-likeness (QED) is 0.156. The maximum atomic E-state index is 13.4. The Kier molecular flexibility index (Phi) is 14.2. The molecule has 0 fully saturated rings. The predicted octanol–water partition coefficient (Wildman–Crippen LogP) is 8.43. The zero-order valence-electron chi connectivity index (χ0n) is 22.3. The zero-order chi connectivity index (χ0) is 28.7. The summed E-state index contributed by atoms with van der Waals surface area (Å²) in [5.74, 6) is -0.119. The van der Waals surface area contributed by atoms with Crippen LogP contribution >= 0.6 is 15.9 Å². The van der Waals surface area contributed by atoms with Crippen LogP contribution in [-0.4, -0.2) is 36.8 Å². The lowest BCUT2D eigenvalue weighted by Gasteiger charge is -2.17. The number of hydrogen-bond acceptors (Lipinski definition) is 3. The highest BCUT2D eigenvalue weighted by Crippen LogP contribution is 2.40. The third-order valence-corrected chi connectivity index (χ3v) is 6.84. The van der Waals surface area contributed by atoms with Crippen LogP contribution in [0.3, 0.4) is 0 Å². The lowest BCUT2D eigenvalue weighted by atomic mass is 9.99. The number of amides is 2. The highest BCUT2D eigenvalue weighted by Gasteiger charge is 2.31. The van der Waals surface area contributed by atoms with Crippen LogP contribution in [0.5, 0.6) is 5.75 Å². The van der Waals surface area contributed by atoms with Gasteiger partial charge in [-0.25, -0.2) is 4.79 Å². The molecule has 2 aromatic rings. The minimum absolute atomic E-state index is 0.0229. The van der Waals surface area contributed by atoms with Crippen LogP contribution in [0.2, 0.25) is 0 Å². The highest BCUT2D eigenvalue weighted by molar-refractivity contribution is 9.10. The molecule has 0 radical (unpaired) electrons. The number of unbranched alkanes of at least 4 members (excludes halogenated alkanes) is 9.